The summed E-state index contributed by atoms with van der Waals surface area (Å²) in [6, 6.07) is 8.93. The van der Waals surface area contributed by atoms with E-state index >= 15 is 0 Å². The number of nitrogens with two attached hydrogens (primary N) is 1. The molecule has 0 aliphatic carbocycles. The molecular weight excluding hydrogens is 260 g/mol. The molecule has 2 nitrogen and oxygen atoms in total. The second kappa shape index (κ2) is 5.23. The Morgan fingerprint density at radius 3 is 2.33 bits per heavy atom. The van der Waals surface area contributed by atoms with Crippen LogP contribution in [0.3, 0.4) is 0 Å². The lowest BCUT2D eigenvalue weighted by Gasteiger charge is -2.10. The predicted molar refractivity (Wildman–Crippen MR) is 66.6 cm³/mol. The first-order valence-corrected chi connectivity index (χ1v) is 5.56. The molecule has 0 spiro atoms. The Balaban J connectivity index is 2.19. The minimum atomic E-state index is -0.834. The van der Waals surface area contributed by atoms with Crippen molar-refractivity contribution in [2.24, 2.45) is 0 Å². The van der Waals surface area contributed by atoms with Gasteiger partial charge in [0.2, 0.25) is 0 Å². The summed E-state index contributed by atoms with van der Waals surface area (Å²) < 4.78 is 32.0. The molecule has 2 rings (SSSR count). The van der Waals surface area contributed by atoms with Crippen molar-refractivity contribution in [3.05, 3.63) is 58.6 Å². The highest BCUT2D eigenvalue weighted by Crippen LogP contribution is 2.26. The van der Waals surface area contributed by atoms with Crippen LogP contribution in [-0.4, -0.2) is 0 Å². The summed E-state index contributed by atoms with van der Waals surface area (Å²) in [7, 11) is 0. The van der Waals surface area contributed by atoms with Gasteiger partial charge < -0.3 is 10.5 Å². The average molecular weight is 270 g/mol. The van der Waals surface area contributed by atoms with Gasteiger partial charge in [-0.3, -0.25) is 0 Å². The van der Waals surface area contributed by atoms with Crippen molar-refractivity contribution in [1.82, 2.24) is 0 Å². The maximum atomic E-state index is 13.4. The van der Waals surface area contributed by atoms with Gasteiger partial charge >= 0.3 is 0 Å². The number of nitrogen functional groups attached to an aromatic ring is 1. The fourth-order valence-electron chi connectivity index (χ4n) is 1.48. The molecule has 2 aromatic carbocycles. The summed E-state index contributed by atoms with van der Waals surface area (Å²) in [6.07, 6.45) is 0. The van der Waals surface area contributed by atoms with Crippen molar-refractivity contribution in [3.8, 4) is 5.75 Å². The molecule has 94 valence electrons. The maximum Gasteiger partial charge on any atom is 0.191 e. The quantitative estimate of drug-likeness (QED) is 0.861. The van der Waals surface area contributed by atoms with Crippen LogP contribution in [0.1, 0.15) is 5.56 Å². The van der Waals surface area contributed by atoms with E-state index in [0.717, 1.165) is 12.1 Å². The third kappa shape index (κ3) is 2.71. The van der Waals surface area contributed by atoms with E-state index in [1.54, 1.807) is 24.3 Å². The van der Waals surface area contributed by atoms with Crippen LogP contribution in [0.15, 0.2) is 36.4 Å². The van der Waals surface area contributed by atoms with Gasteiger partial charge in [-0.25, -0.2) is 8.78 Å². The zero-order chi connectivity index (χ0) is 13.1. The number of ether oxygens (including phenoxy) is 1. The van der Waals surface area contributed by atoms with Crippen LogP contribution >= 0.6 is 11.6 Å². The minimum absolute atomic E-state index is 0.00935. The highest BCUT2D eigenvalue weighted by molar-refractivity contribution is 6.31. The number of benzene rings is 2. The molecular formula is C13H10ClF2NO. The van der Waals surface area contributed by atoms with Gasteiger partial charge in [0.15, 0.2) is 17.4 Å². The molecule has 0 fully saturated rings. The van der Waals surface area contributed by atoms with Gasteiger partial charge in [-0.05, 0) is 6.07 Å². The first-order chi connectivity index (χ1) is 8.58. The van der Waals surface area contributed by atoms with E-state index in [1.807, 2.05) is 0 Å². The molecule has 0 aliphatic rings. The summed E-state index contributed by atoms with van der Waals surface area (Å²) in [5.74, 6) is -2.12. The molecule has 0 atom stereocenters. The van der Waals surface area contributed by atoms with Gasteiger partial charge in [0.25, 0.3) is 0 Å². The van der Waals surface area contributed by atoms with E-state index < -0.39 is 17.4 Å². The van der Waals surface area contributed by atoms with Gasteiger partial charge in [-0.2, -0.15) is 0 Å². The summed E-state index contributed by atoms with van der Waals surface area (Å²) in [6.45, 7) is -0.0164. The first-order valence-electron chi connectivity index (χ1n) is 5.18. The molecule has 0 amide bonds. The van der Waals surface area contributed by atoms with Crippen LogP contribution in [0.5, 0.6) is 5.75 Å². The smallest absolute Gasteiger partial charge is 0.191 e. The number of halogens is 3. The molecule has 0 unspecified atom stereocenters. The maximum absolute atomic E-state index is 13.4. The molecule has 18 heavy (non-hydrogen) atoms. The van der Waals surface area contributed by atoms with E-state index in [9.17, 15) is 8.78 Å². The summed E-state index contributed by atoms with van der Waals surface area (Å²) >= 11 is 5.91. The zero-order valence-corrected chi connectivity index (χ0v) is 10.0. The van der Waals surface area contributed by atoms with E-state index in [-0.39, 0.29) is 12.3 Å². The summed E-state index contributed by atoms with van der Waals surface area (Å²) in [5, 5.41) is 0.480. The van der Waals surface area contributed by atoms with Crippen LogP contribution in [0, 0.1) is 11.6 Å². The lowest BCUT2D eigenvalue weighted by molar-refractivity contribution is 0.274. The molecule has 0 bridgehead atoms. The highest BCUT2D eigenvalue weighted by Gasteiger charge is 2.12. The third-order valence-corrected chi connectivity index (χ3v) is 2.72. The van der Waals surface area contributed by atoms with Crippen LogP contribution in [0.2, 0.25) is 5.02 Å². The molecule has 0 radical (unpaired) electrons. The lowest BCUT2D eigenvalue weighted by Crippen LogP contribution is -2.01. The Hall–Kier alpha value is -1.81. The van der Waals surface area contributed by atoms with E-state index in [4.69, 9.17) is 22.1 Å². The first kappa shape index (κ1) is 12.6. The largest absolute Gasteiger partial charge is 0.483 e. The molecule has 2 aromatic rings. The van der Waals surface area contributed by atoms with Gasteiger partial charge in [-0.15, -0.1) is 0 Å². The monoisotopic (exact) mass is 269 g/mol. The Morgan fingerprint density at radius 1 is 1.11 bits per heavy atom. The van der Waals surface area contributed by atoms with Crippen LogP contribution in [0.25, 0.3) is 0 Å². The van der Waals surface area contributed by atoms with Crippen molar-refractivity contribution in [3.63, 3.8) is 0 Å². The van der Waals surface area contributed by atoms with Crippen molar-refractivity contribution in [2.75, 3.05) is 5.73 Å². The average Bonchev–Trinajstić information content (AvgIpc) is 2.30. The van der Waals surface area contributed by atoms with Crippen LogP contribution < -0.4 is 10.5 Å². The lowest BCUT2D eigenvalue weighted by atomic mass is 10.2. The fraction of sp³-hybridized carbons (Fsp3) is 0.0769. The van der Waals surface area contributed by atoms with Gasteiger partial charge in [0.1, 0.15) is 6.61 Å². The van der Waals surface area contributed by atoms with Crippen LogP contribution in [0.4, 0.5) is 14.5 Å². The fourth-order valence-corrected chi connectivity index (χ4v) is 1.67. The van der Waals surface area contributed by atoms with Crippen molar-refractivity contribution < 1.29 is 13.5 Å². The van der Waals surface area contributed by atoms with Crippen molar-refractivity contribution in [2.45, 2.75) is 6.61 Å². The van der Waals surface area contributed by atoms with Crippen molar-refractivity contribution in [1.29, 1.82) is 0 Å². The number of hydrogen-bond donors (Lipinski definition) is 1. The third-order valence-electron chi connectivity index (χ3n) is 2.35. The standard InChI is InChI=1S/C13H10ClF2NO/c14-10-4-2-1-3-8(10)7-18-13-11(15)5-9(17)6-12(13)16/h1-6H,7,17H2. The van der Waals surface area contributed by atoms with Crippen LogP contribution in [-0.2, 0) is 6.61 Å². The highest BCUT2D eigenvalue weighted by atomic mass is 35.5. The molecule has 5 heteroatoms. The van der Waals surface area contributed by atoms with E-state index in [1.165, 1.54) is 0 Å². The second-order valence-corrected chi connectivity index (χ2v) is 4.10. The minimum Gasteiger partial charge on any atom is -0.483 e. The molecule has 0 saturated heterocycles. The molecule has 2 N–H and O–H groups in total. The Kier molecular flexibility index (Phi) is 3.67. The second-order valence-electron chi connectivity index (χ2n) is 3.69. The number of anilines is 1. The molecule has 0 heterocycles. The molecule has 0 saturated carbocycles. The Morgan fingerprint density at radius 2 is 1.72 bits per heavy atom. The number of rotatable bonds is 3. The molecule has 0 aromatic heterocycles. The predicted octanol–water partition coefficient (Wildman–Crippen LogP) is 3.78. The topological polar surface area (TPSA) is 35.2 Å². The number of hydrogen-bond acceptors (Lipinski definition) is 2. The summed E-state index contributed by atoms with van der Waals surface area (Å²) in [5.41, 5.74) is 5.96. The Bertz CT molecular complexity index is 552. The SMILES string of the molecule is Nc1cc(F)c(OCc2ccccc2Cl)c(F)c1. The normalized spacial score (nSPS) is 10.4. The van der Waals surface area contributed by atoms with Crippen molar-refractivity contribution >= 4 is 17.3 Å². The van der Waals surface area contributed by atoms with Gasteiger partial charge in [-0.1, -0.05) is 29.8 Å². The van der Waals surface area contributed by atoms with E-state index in [2.05, 4.69) is 0 Å². The van der Waals surface area contributed by atoms with Gasteiger partial charge in [0, 0.05) is 28.4 Å². The zero-order valence-electron chi connectivity index (χ0n) is 9.29. The Labute approximate surface area is 108 Å². The van der Waals surface area contributed by atoms with Gasteiger partial charge in [0.05, 0.1) is 0 Å². The van der Waals surface area contributed by atoms with E-state index in [0.29, 0.717) is 10.6 Å². The summed E-state index contributed by atoms with van der Waals surface area (Å²) in [4.78, 5) is 0. The molecule has 0 aliphatic heterocycles.